The van der Waals surface area contributed by atoms with Crippen molar-refractivity contribution < 1.29 is 0 Å². The molecule has 48 heavy (non-hydrogen) atoms. The molecule has 10 rings (SSSR count). The summed E-state index contributed by atoms with van der Waals surface area (Å²) in [6, 6.07) is 56.2. The van der Waals surface area contributed by atoms with E-state index in [1.54, 1.807) is 0 Å². The fourth-order valence-corrected chi connectivity index (χ4v) is 7.97. The lowest BCUT2D eigenvalue weighted by atomic mass is 9.84. The van der Waals surface area contributed by atoms with Gasteiger partial charge in [-0.2, -0.15) is 0 Å². The lowest BCUT2D eigenvalue weighted by Gasteiger charge is -2.20. The molecule has 0 N–H and O–H groups in total. The SMILES string of the molecule is [C-]#[N+]c1ccc(-c2c3ccccc3c(-c3nc4c5ccccc5ccc4c4c3ccc3ccccc34)c3ccccc23)c2ccccc12. The van der Waals surface area contributed by atoms with Crippen LogP contribution in [0.25, 0.3) is 103 Å². The molecule has 0 fully saturated rings. The summed E-state index contributed by atoms with van der Waals surface area (Å²) < 4.78 is 0. The minimum absolute atomic E-state index is 0.672. The van der Waals surface area contributed by atoms with Gasteiger partial charge >= 0.3 is 0 Å². The minimum Gasteiger partial charge on any atom is -0.246 e. The van der Waals surface area contributed by atoms with Gasteiger partial charge in [-0.15, -0.1) is 0 Å². The summed E-state index contributed by atoms with van der Waals surface area (Å²) in [6.07, 6.45) is 0. The molecular formula is C46H26N2. The summed E-state index contributed by atoms with van der Waals surface area (Å²) in [4.78, 5) is 9.50. The lowest BCUT2D eigenvalue weighted by molar-refractivity contribution is 1.46. The Morgan fingerprint density at radius 2 is 0.875 bits per heavy atom. The molecule has 0 aliphatic rings. The van der Waals surface area contributed by atoms with Crippen molar-refractivity contribution in [1.29, 1.82) is 0 Å². The second kappa shape index (κ2) is 10.2. The number of hydrogen-bond donors (Lipinski definition) is 0. The van der Waals surface area contributed by atoms with E-state index >= 15 is 0 Å². The molecule has 2 heteroatoms. The van der Waals surface area contributed by atoms with E-state index in [0.717, 1.165) is 54.7 Å². The zero-order chi connectivity index (χ0) is 31.8. The molecule has 10 aromatic rings. The largest absolute Gasteiger partial charge is 0.246 e. The highest BCUT2D eigenvalue weighted by Crippen LogP contribution is 2.48. The van der Waals surface area contributed by atoms with E-state index in [1.807, 2.05) is 12.1 Å². The zero-order valence-corrected chi connectivity index (χ0v) is 25.9. The van der Waals surface area contributed by atoms with Gasteiger partial charge < -0.3 is 0 Å². The van der Waals surface area contributed by atoms with E-state index in [0.29, 0.717) is 5.69 Å². The second-order valence-electron chi connectivity index (χ2n) is 12.5. The van der Waals surface area contributed by atoms with Crippen LogP contribution >= 0.6 is 0 Å². The van der Waals surface area contributed by atoms with E-state index in [9.17, 15) is 0 Å². The number of nitrogens with zero attached hydrogens (tertiary/aromatic N) is 2. The van der Waals surface area contributed by atoms with Gasteiger partial charge in [-0.25, -0.2) is 9.83 Å². The summed E-state index contributed by atoms with van der Waals surface area (Å²) >= 11 is 0. The Kier molecular flexibility index (Phi) is 5.67. The first kappa shape index (κ1) is 26.6. The molecule has 0 saturated heterocycles. The van der Waals surface area contributed by atoms with Gasteiger partial charge in [-0.05, 0) is 59.6 Å². The standard InChI is InChI=1S/C46H26N2/c1-47-41-27-26-38(32-16-6-7-17-33(32)41)43-34-18-8-10-20-36(34)44(37-21-11-9-19-35(37)43)46-40-25-22-28-12-2-4-14-30(28)42(40)39-24-23-29-13-3-5-15-31(29)45(39)48-46/h2-27H. The first-order valence-corrected chi connectivity index (χ1v) is 16.3. The van der Waals surface area contributed by atoms with Crippen molar-refractivity contribution in [1.82, 2.24) is 4.98 Å². The van der Waals surface area contributed by atoms with Crippen LogP contribution in [0, 0.1) is 6.57 Å². The molecule has 2 nitrogen and oxygen atoms in total. The number of aromatic nitrogens is 1. The van der Waals surface area contributed by atoms with Gasteiger partial charge in [0, 0.05) is 27.1 Å². The van der Waals surface area contributed by atoms with Gasteiger partial charge in [0.25, 0.3) is 0 Å². The Labute approximate surface area is 277 Å². The van der Waals surface area contributed by atoms with Gasteiger partial charge in [0.05, 0.1) is 17.8 Å². The van der Waals surface area contributed by atoms with Crippen molar-refractivity contribution in [2.24, 2.45) is 0 Å². The Bertz CT molecular complexity index is 2960. The van der Waals surface area contributed by atoms with Gasteiger partial charge in [0.1, 0.15) is 0 Å². The molecule has 0 atom stereocenters. The van der Waals surface area contributed by atoms with Crippen molar-refractivity contribution in [3.63, 3.8) is 0 Å². The van der Waals surface area contributed by atoms with E-state index in [-0.39, 0.29) is 0 Å². The first-order chi connectivity index (χ1) is 23.8. The maximum atomic E-state index is 7.83. The van der Waals surface area contributed by atoms with Crippen LogP contribution in [-0.2, 0) is 0 Å². The summed E-state index contributed by atoms with van der Waals surface area (Å²) in [6.45, 7) is 7.83. The number of benzene rings is 9. The maximum Gasteiger partial charge on any atom is 0.194 e. The van der Waals surface area contributed by atoms with E-state index in [2.05, 4.69) is 150 Å². The Balaban J connectivity index is 1.43. The van der Waals surface area contributed by atoms with Crippen LogP contribution in [0.4, 0.5) is 5.69 Å². The molecule has 0 aliphatic heterocycles. The van der Waals surface area contributed by atoms with Gasteiger partial charge in [-0.1, -0.05) is 158 Å². The summed E-state index contributed by atoms with van der Waals surface area (Å²) in [5.74, 6) is 0. The van der Waals surface area contributed by atoms with Crippen molar-refractivity contribution in [2.75, 3.05) is 0 Å². The van der Waals surface area contributed by atoms with Crippen molar-refractivity contribution in [2.45, 2.75) is 0 Å². The number of fused-ring (bicyclic) bond motifs is 10. The third-order valence-electron chi connectivity index (χ3n) is 10.0. The van der Waals surface area contributed by atoms with E-state index in [1.165, 1.54) is 43.3 Å². The average molecular weight is 607 g/mol. The monoisotopic (exact) mass is 606 g/mol. The van der Waals surface area contributed by atoms with Crippen LogP contribution in [0.1, 0.15) is 0 Å². The number of rotatable bonds is 2. The molecule has 0 saturated carbocycles. The highest BCUT2D eigenvalue weighted by atomic mass is 14.7. The highest BCUT2D eigenvalue weighted by molar-refractivity contribution is 6.30. The van der Waals surface area contributed by atoms with Gasteiger partial charge in [0.15, 0.2) is 5.69 Å². The summed E-state index contributed by atoms with van der Waals surface area (Å²) in [7, 11) is 0. The van der Waals surface area contributed by atoms with E-state index < -0.39 is 0 Å². The fraction of sp³-hybridized carbons (Fsp3) is 0. The summed E-state index contributed by atoms with van der Waals surface area (Å²) in [5, 5.41) is 15.0. The molecule has 0 spiro atoms. The lowest BCUT2D eigenvalue weighted by Crippen LogP contribution is -1.96. The molecule has 0 radical (unpaired) electrons. The first-order valence-electron chi connectivity index (χ1n) is 16.3. The van der Waals surface area contributed by atoms with Crippen LogP contribution in [0.3, 0.4) is 0 Å². The van der Waals surface area contributed by atoms with Crippen molar-refractivity contribution >= 4 is 81.2 Å². The van der Waals surface area contributed by atoms with E-state index in [4.69, 9.17) is 11.6 Å². The molecule has 1 heterocycles. The average Bonchev–Trinajstić information content (AvgIpc) is 3.16. The third-order valence-corrected chi connectivity index (χ3v) is 10.0. The molecule has 0 unspecified atom stereocenters. The molecule has 0 amide bonds. The Hall–Kier alpha value is -6.56. The predicted octanol–water partition coefficient (Wildman–Crippen LogP) is 13.0. The fourth-order valence-electron chi connectivity index (χ4n) is 7.97. The van der Waals surface area contributed by atoms with Crippen LogP contribution in [0.2, 0.25) is 0 Å². The topological polar surface area (TPSA) is 17.2 Å². The summed E-state index contributed by atoms with van der Waals surface area (Å²) in [5.41, 5.74) is 6.13. The Morgan fingerprint density at radius 3 is 1.52 bits per heavy atom. The Morgan fingerprint density at radius 1 is 0.375 bits per heavy atom. The quantitative estimate of drug-likeness (QED) is 0.109. The molecule has 9 aromatic carbocycles. The van der Waals surface area contributed by atoms with Gasteiger partial charge in [-0.3, -0.25) is 0 Å². The second-order valence-corrected chi connectivity index (χ2v) is 12.5. The minimum atomic E-state index is 0.672. The molecular weight excluding hydrogens is 581 g/mol. The number of pyridine rings is 1. The zero-order valence-electron chi connectivity index (χ0n) is 25.9. The predicted molar refractivity (Wildman–Crippen MR) is 204 cm³/mol. The van der Waals surface area contributed by atoms with Crippen molar-refractivity contribution in [3.8, 4) is 22.4 Å². The molecule has 1 aromatic heterocycles. The third kappa shape index (κ3) is 3.70. The molecule has 0 aliphatic carbocycles. The molecule has 0 bridgehead atoms. The maximum absolute atomic E-state index is 7.83. The van der Waals surface area contributed by atoms with Crippen LogP contribution in [0.15, 0.2) is 158 Å². The van der Waals surface area contributed by atoms with Crippen LogP contribution in [0.5, 0.6) is 0 Å². The smallest absolute Gasteiger partial charge is 0.194 e. The van der Waals surface area contributed by atoms with Gasteiger partial charge in [0.2, 0.25) is 0 Å². The number of hydrogen-bond acceptors (Lipinski definition) is 1. The van der Waals surface area contributed by atoms with Crippen molar-refractivity contribution in [3.05, 3.63) is 169 Å². The normalized spacial score (nSPS) is 11.7. The van der Waals surface area contributed by atoms with Crippen LogP contribution in [-0.4, -0.2) is 4.98 Å². The molecule has 220 valence electrons. The van der Waals surface area contributed by atoms with Crippen LogP contribution < -0.4 is 0 Å². The highest BCUT2D eigenvalue weighted by Gasteiger charge is 2.22.